The van der Waals surface area contributed by atoms with Crippen LogP contribution >= 0.6 is 0 Å². The minimum absolute atomic E-state index is 0.126. The van der Waals surface area contributed by atoms with Gasteiger partial charge in [0.15, 0.2) is 0 Å². The van der Waals surface area contributed by atoms with Gasteiger partial charge in [0, 0.05) is 42.2 Å². The molecule has 1 fully saturated rings. The fraction of sp³-hybridized carbons (Fsp3) is 0.194. The van der Waals surface area contributed by atoms with E-state index >= 15 is 0 Å². The molecule has 4 aromatic rings. The fourth-order valence-electron chi connectivity index (χ4n) is 4.48. The van der Waals surface area contributed by atoms with E-state index in [-0.39, 0.29) is 11.8 Å². The molecule has 0 saturated carbocycles. The predicted molar refractivity (Wildman–Crippen MR) is 151 cm³/mol. The van der Waals surface area contributed by atoms with Crippen LogP contribution < -0.4 is 15.1 Å². The van der Waals surface area contributed by atoms with E-state index in [0.29, 0.717) is 54.6 Å². The minimum Gasteiger partial charge on any atom is -0.497 e. The van der Waals surface area contributed by atoms with Gasteiger partial charge in [-0.1, -0.05) is 30.3 Å². The number of benzene rings is 3. The van der Waals surface area contributed by atoms with Crippen LogP contribution in [-0.4, -0.2) is 55.2 Å². The SMILES string of the molecule is COc1cccc(NC(=O)c2ccc(-c3cc(C(=O)N(c4ccccc4)N4CCOCC4)ccc3C)nc2)c1. The average molecular weight is 523 g/mol. The number of amides is 2. The molecule has 2 amide bonds. The molecule has 0 spiro atoms. The smallest absolute Gasteiger partial charge is 0.272 e. The number of aryl methyl sites for hydroxylation is 1. The molecule has 8 nitrogen and oxygen atoms in total. The highest BCUT2D eigenvalue weighted by atomic mass is 16.5. The zero-order chi connectivity index (χ0) is 27.2. The number of aromatic nitrogens is 1. The maximum atomic E-state index is 13.9. The van der Waals surface area contributed by atoms with E-state index in [9.17, 15) is 9.59 Å². The van der Waals surface area contributed by atoms with Gasteiger partial charge in [-0.05, 0) is 61.0 Å². The minimum atomic E-state index is -0.271. The topological polar surface area (TPSA) is 84.0 Å². The third-order valence-electron chi connectivity index (χ3n) is 6.58. The number of hydrogen-bond acceptors (Lipinski definition) is 6. The van der Waals surface area contributed by atoms with Gasteiger partial charge in [-0.2, -0.15) is 0 Å². The Balaban J connectivity index is 1.39. The largest absolute Gasteiger partial charge is 0.497 e. The highest BCUT2D eigenvalue weighted by Crippen LogP contribution is 2.27. The van der Waals surface area contributed by atoms with Crippen LogP contribution in [0.4, 0.5) is 11.4 Å². The van der Waals surface area contributed by atoms with Crippen LogP contribution in [0.3, 0.4) is 0 Å². The monoisotopic (exact) mass is 522 g/mol. The second-order valence-electron chi connectivity index (χ2n) is 9.17. The Hall–Kier alpha value is -4.53. The lowest BCUT2D eigenvalue weighted by molar-refractivity contribution is 0.0300. The Kier molecular flexibility index (Phi) is 7.96. The van der Waals surface area contributed by atoms with Gasteiger partial charge in [0.1, 0.15) is 5.75 Å². The Bertz CT molecular complexity index is 1450. The van der Waals surface area contributed by atoms with E-state index in [1.54, 1.807) is 42.6 Å². The number of ether oxygens (including phenoxy) is 2. The first kappa shape index (κ1) is 26.1. The van der Waals surface area contributed by atoms with Crippen LogP contribution in [0.15, 0.2) is 91.1 Å². The predicted octanol–water partition coefficient (Wildman–Crippen LogP) is 5.21. The first-order chi connectivity index (χ1) is 19.0. The third kappa shape index (κ3) is 5.98. The molecule has 0 radical (unpaired) electrons. The Morgan fingerprint density at radius 1 is 0.923 bits per heavy atom. The molecular weight excluding hydrogens is 492 g/mol. The van der Waals surface area contributed by atoms with Crippen LogP contribution in [0.1, 0.15) is 26.3 Å². The van der Waals surface area contributed by atoms with Gasteiger partial charge in [0.2, 0.25) is 0 Å². The van der Waals surface area contributed by atoms with Crippen LogP contribution in [0.2, 0.25) is 0 Å². The molecule has 0 atom stereocenters. The number of carbonyl (C=O) groups excluding carboxylic acids is 2. The second kappa shape index (κ2) is 11.9. The van der Waals surface area contributed by atoms with Gasteiger partial charge in [0.25, 0.3) is 11.8 Å². The highest BCUT2D eigenvalue weighted by Gasteiger charge is 2.26. The van der Waals surface area contributed by atoms with E-state index in [4.69, 9.17) is 9.47 Å². The van der Waals surface area contributed by atoms with Crippen molar-refractivity contribution in [2.24, 2.45) is 0 Å². The first-order valence-electron chi connectivity index (χ1n) is 12.8. The summed E-state index contributed by atoms with van der Waals surface area (Å²) in [4.78, 5) is 31.2. The molecule has 1 aliphatic rings. The quantitative estimate of drug-likeness (QED) is 0.359. The molecule has 3 aromatic carbocycles. The number of morpholine rings is 1. The molecule has 39 heavy (non-hydrogen) atoms. The molecule has 5 rings (SSSR count). The fourth-order valence-corrected chi connectivity index (χ4v) is 4.48. The summed E-state index contributed by atoms with van der Waals surface area (Å²) in [5.74, 6) is 0.260. The number of hydrogen-bond donors (Lipinski definition) is 1. The molecule has 0 bridgehead atoms. The van der Waals surface area contributed by atoms with Crippen molar-refractivity contribution in [3.63, 3.8) is 0 Å². The van der Waals surface area contributed by atoms with Crippen molar-refractivity contribution in [1.82, 2.24) is 9.99 Å². The standard InChI is InChI=1S/C31H30N4O4/c1-22-11-12-23(31(37)35(26-8-4-3-5-9-26)34-15-17-39-18-16-34)19-28(22)29-14-13-24(21-32-29)30(36)33-25-7-6-10-27(20-25)38-2/h3-14,19-21H,15-18H2,1-2H3,(H,33,36). The number of methoxy groups -OCH3 is 1. The molecule has 8 heteroatoms. The molecule has 1 aliphatic heterocycles. The molecule has 198 valence electrons. The maximum Gasteiger partial charge on any atom is 0.272 e. The van der Waals surface area contributed by atoms with Gasteiger partial charge < -0.3 is 14.8 Å². The van der Waals surface area contributed by atoms with Crippen molar-refractivity contribution in [1.29, 1.82) is 0 Å². The van der Waals surface area contributed by atoms with Crippen LogP contribution in [0.5, 0.6) is 5.75 Å². The summed E-state index contributed by atoms with van der Waals surface area (Å²) in [6, 6.07) is 26.0. The molecule has 1 aromatic heterocycles. The summed E-state index contributed by atoms with van der Waals surface area (Å²) in [7, 11) is 1.58. The summed E-state index contributed by atoms with van der Waals surface area (Å²) in [6.45, 7) is 4.36. The van der Waals surface area contributed by atoms with E-state index in [1.165, 1.54) is 0 Å². The van der Waals surface area contributed by atoms with E-state index < -0.39 is 0 Å². The number of anilines is 2. The molecular formula is C31H30N4O4. The van der Waals surface area contributed by atoms with Crippen molar-refractivity contribution in [2.75, 3.05) is 43.7 Å². The number of rotatable bonds is 7. The van der Waals surface area contributed by atoms with Crippen LogP contribution in [0, 0.1) is 6.92 Å². The number of nitrogens with zero attached hydrogens (tertiary/aromatic N) is 3. The third-order valence-corrected chi connectivity index (χ3v) is 6.58. The molecule has 0 unspecified atom stereocenters. The zero-order valence-corrected chi connectivity index (χ0v) is 22.0. The summed E-state index contributed by atoms with van der Waals surface area (Å²) < 4.78 is 10.7. The molecule has 1 N–H and O–H groups in total. The number of nitrogens with one attached hydrogen (secondary N) is 1. The van der Waals surface area contributed by atoms with Gasteiger partial charge >= 0.3 is 0 Å². The Morgan fingerprint density at radius 3 is 2.41 bits per heavy atom. The van der Waals surface area contributed by atoms with E-state index in [1.807, 2.05) is 72.6 Å². The van der Waals surface area contributed by atoms with E-state index in [0.717, 1.165) is 16.8 Å². The number of carbonyl (C=O) groups is 2. The summed E-state index contributed by atoms with van der Waals surface area (Å²) in [5, 5.41) is 6.62. The van der Waals surface area contributed by atoms with Crippen LogP contribution in [0.25, 0.3) is 11.3 Å². The lowest BCUT2D eigenvalue weighted by atomic mass is 10.0. The zero-order valence-electron chi connectivity index (χ0n) is 22.0. The Labute approximate surface area is 227 Å². The lowest BCUT2D eigenvalue weighted by Crippen LogP contribution is -2.52. The number of para-hydroxylation sites is 1. The summed E-state index contributed by atoms with van der Waals surface area (Å²) >= 11 is 0. The number of pyridine rings is 1. The molecule has 1 saturated heterocycles. The van der Waals surface area contributed by atoms with Crippen molar-refractivity contribution in [3.8, 4) is 17.0 Å². The summed E-state index contributed by atoms with van der Waals surface area (Å²) in [5.41, 5.74) is 4.89. The average Bonchev–Trinajstić information content (AvgIpc) is 2.99. The first-order valence-corrected chi connectivity index (χ1v) is 12.8. The summed E-state index contributed by atoms with van der Waals surface area (Å²) in [6.07, 6.45) is 1.54. The highest BCUT2D eigenvalue weighted by molar-refractivity contribution is 6.06. The second-order valence-corrected chi connectivity index (χ2v) is 9.17. The van der Waals surface area contributed by atoms with Gasteiger partial charge in [-0.25, -0.2) is 10.0 Å². The van der Waals surface area contributed by atoms with Crippen LogP contribution in [-0.2, 0) is 4.74 Å². The maximum absolute atomic E-state index is 13.9. The van der Waals surface area contributed by atoms with Crippen molar-refractivity contribution >= 4 is 23.2 Å². The number of hydrazine groups is 1. The molecule has 0 aliphatic carbocycles. The van der Waals surface area contributed by atoms with Gasteiger partial charge in [-0.3, -0.25) is 14.6 Å². The van der Waals surface area contributed by atoms with E-state index in [2.05, 4.69) is 10.3 Å². The Morgan fingerprint density at radius 2 is 1.69 bits per heavy atom. The van der Waals surface area contributed by atoms with Crippen molar-refractivity contribution in [3.05, 3.63) is 108 Å². The molecule has 2 heterocycles. The normalized spacial score (nSPS) is 13.5. The van der Waals surface area contributed by atoms with Crippen molar-refractivity contribution in [2.45, 2.75) is 6.92 Å². The lowest BCUT2D eigenvalue weighted by Gasteiger charge is -2.37. The van der Waals surface area contributed by atoms with Crippen molar-refractivity contribution < 1.29 is 19.1 Å². The van der Waals surface area contributed by atoms with Gasteiger partial charge in [0.05, 0.1) is 37.3 Å². The van der Waals surface area contributed by atoms with Gasteiger partial charge in [-0.15, -0.1) is 0 Å².